The van der Waals surface area contributed by atoms with Crippen LogP contribution in [0.2, 0.25) is 0 Å². The summed E-state index contributed by atoms with van der Waals surface area (Å²) in [6.07, 6.45) is 3.48. The Kier molecular flexibility index (Phi) is 4.45. The number of aromatic nitrogens is 6. The maximum absolute atomic E-state index is 13.1. The van der Waals surface area contributed by atoms with Crippen LogP contribution in [-0.4, -0.2) is 67.6 Å². The SMILES string of the molecule is O=S(=O)(c1cccc2nsnc12)N1CCN(c2ccc(-n3cccn3)nn2)CC1. The highest BCUT2D eigenvalue weighted by atomic mass is 32.2. The highest BCUT2D eigenvalue weighted by Crippen LogP contribution is 2.25. The van der Waals surface area contributed by atoms with Crippen molar-refractivity contribution in [1.29, 1.82) is 0 Å². The van der Waals surface area contributed by atoms with Crippen molar-refractivity contribution in [1.82, 2.24) is 33.0 Å². The smallest absolute Gasteiger partial charge is 0.245 e. The quantitative estimate of drug-likeness (QED) is 0.477. The second-order valence-corrected chi connectivity index (χ2v) is 8.91. The lowest BCUT2D eigenvalue weighted by molar-refractivity contribution is 0.384. The van der Waals surface area contributed by atoms with Crippen molar-refractivity contribution in [3.63, 3.8) is 0 Å². The van der Waals surface area contributed by atoms with Crippen LogP contribution in [0.5, 0.6) is 0 Å². The second-order valence-electron chi connectivity index (χ2n) is 6.48. The van der Waals surface area contributed by atoms with Crippen LogP contribution in [0.3, 0.4) is 0 Å². The van der Waals surface area contributed by atoms with Crippen molar-refractivity contribution in [3.8, 4) is 5.82 Å². The van der Waals surface area contributed by atoms with Gasteiger partial charge >= 0.3 is 0 Å². The highest BCUT2D eigenvalue weighted by molar-refractivity contribution is 7.89. The van der Waals surface area contributed by atoms with Gasteiger partial charge in [-0.15, -0.1) is 10.2 Å². The number of rotatable bonds is 4. The molecule has 1 saturated heterocycles. The summed E-state index contributed by atoms with van der Waals surface area (Å²) in [5.74, 6) is 1.34. The summed E-state index contributed by atoms with van der Waals surface area (Å²) in [5.41, 5.74) is 1.03. The summed E-state index contributed by atoms with van der Waals surface area (Å²) in [6.45, 7) is 1.78. The minimum absolute atomic E-state index is 0.209. The van der Waals surface area contributed by atoms with Gasteiger partial charge in [-0.3, -0.25) is 0 Å². The zero-order valence-corrected chi connectivity index (χ0v) is 16.8. The molecule has 0 bridgehead atoms. The van der Waals surface area contributed by atoms with Gasteiger partial charge in [0.1, 0.15) is 15.9 Å². The first-order valence-corrected chi connectivity index (χ1v) is 11.1. The third-order valence-electron chi connectivity index (χ3n) is 4.80. The summed E-state index contributed by atoms with van der Waals surface area (Å²) < 4.78 is 37.7. The maximum Gasteiger partial charge on any atom is 0.245 e. The van der Waals surface area contributed by atoms with Crippen molar-refractivity contribution in [2.45, 2.75) is 4.90 Å². The summed E-state index contributed by atoms with van der Waals surface area (Å²) >= 11 is 1.01. The van der Waals surface area contributed by atoms with E-state index in [1.165, 1.54) is 4.31 Å². The molecule has 0 unspecified atom stereocenters. The number of fused-ring (bicyclic) bond motifs is 1. The van der Waals surface area contributed by atoms with Crippen LogP contribution in [0.15, 0.2) is 53.7 Å². The van der Waals surface area contributed by atoms with Crippen LogP contribution < -0.4 is 4.90 Å². The molecule has 29 heavy (non-hydrogen) atoms. The van der Waals surface area contributed by atoms with E-state index in [1.54, 1.807) is 35.3 Å². The molecule has 4 heterocycles. The Balaban J connectivity index is 1.32. The largest absolute Gasteiger partial charge is 0.352 e. The molecule has 0 amide bonds. The average molecular weight is 429 g/mol. The Bertz CT molecular complexity index is 1230. The molecule has 1 fully saturated rings. The number of anilines is 1. The zero-order chi connectivity index (χ0) is 19.8. The molecular formula is C17H16N8O2S2. The Morgan fingerprint density at radius 1 is 0.897 bits per heavy atom. The van der Waals surface area contributed by atoms with E-state index in [1.807, 2.05) is 23.1 Å². The lowest BCUT2D eigenvalue weighted by Gasteiger charge is -2.34. The van der Waals surface area contributed by atoms with Gasteiger partial charge in [-0.1, -0.05) is 6.07 Å². The van der Waals surface area contributed by atoms with E-state index < -0.39 is 10.0 Å². The molecule has 0 N–H and O–H groups in total. The molecule has 10 nitrogen and oxygen atoms in total. The molecule has 1 aromatic carbocycles. The molecule has 3 aromatic heterocycles. The van der Waals surface area contributed by atoms with E-state index in [2.05, 4.69) is 24.0 Å². The van der Waals surface area contributed by atoms with E-state index in [4.69, 9.17) is 0 Å². The summed E-state index contributed by atoms with van der Waals surface area (Å²) in [4.78, 5) is 2.23. The normalized spacial score (nSPS) is 15.8. The number of hydrogen-bond acceptors (Lipinski definition) is 9. The van der Waals surface area contributed by atoms with Gasteiger partial charge in [0, 0.05) is 38.6 Å². The highest BCUT2D eigenvalue weighted by Gasteiger charge is 2.31. The molecule has 0 aliphatic carbocycles. The minimum Gasteiger partial charge on any atom is -0.352 e. The summed E-state index contributed by atoms with van der Waals surface area (Å²) in [5, 5.41) is 12.6. The number of hydrogen-bond donors (Lipinski definition) is 0. The first kappa shape index (κ1) is 18.1. The number of sulfonamides is 1. The summed E-state index contributed by atoms with van der Waals surface area (Å²) in [7, 11) is -3.64. The van der Waals surface area contributed by atoms with Gasteiger partial charge in [0.25, 0.3) is 0 Å². The number of benzene rings is 1. The van der Waals surface area contributed by atoms with Crippen LogP contribution in [0.4, 0.5) is 5.82 Å². The van der Waals surface area contributed by atoms with E-state index >= 15 is 0 Å². The Morgan fingerprint density at radius 3 is 2.41 bits per heavy atom. The predicted molar refractivity (Wildman–Crippen MR) is 108 cm³/mol. The van der Waals surface area contributed by atoms with Gasteiger partial charge < -0.3 is 4.90 Å². The van der Waals surface area contributed by atoms with E-state index in [9.17, 15) is 8.42 Å². The van der Waals surface area contributed by atoms with Gasteiger partial charge in [0.2, 0.25) is 10.0 Å². The molecule has 5 rings (SSSR count). The number of piperazine rings is 1. The lowest BCUT2D eigenvalue weighted by Crippen LogP contribution is -2.49. The lowest BCUT2D eigenvalue weighted by atomic mass is 10.3. The van der Waals surface area contributed by atoms with Crippen molar-refractivity contribution in [2.24, 2.45) is 0 Å². The first-order valence-electron chi connectivity index (χ1n) is 8.93. The third-order valence-corrected chi connectivity index (χ3v) is 7.28. The summed E-state index contributed by atoms with van der Waals surface area (Å²) in [6, 6.07) is 10.6. The maximum atomic E-state index is 13.1. The van der Waals surface area contributed by atoms with Crippen LogP contribution in [0.25, 0.3) is 16.9 Å². The Hall–Kier alpha value is -2.96. The van der Waals surface area contributed by atoms with Gasteiger partial charge in [0.05, 0.1) is 11.7 Å². The van der Waals surface area contributed by atoms with Gasteiger partial charge in [-0.2, -0.15) is 18.2 Å². The van der Waals surface area contributed by atoms with Crippen LogP contribution in [-0.2, 0) is 10.0 Å². The predicted octanol–water partition coefficient (Wildman–Crippen LogP) is 1.18. The van der Waals surface area contributed by atoms with Gasteiger partial charge in [-0.25, -0.2) is 13.1 Å². The molecule has 0 spiro atoms. The topological polar surface area (TPSA) is 110 Å². The third kappa shape index (κ3) is 3.24. The fraction of sp³-hybridized carbons (Fsp3) is 0.235. The monoisotopic (exact) mass is 428 g/mol. The van der Waals surface area contributed by atoms with E-state index in [0.29, 0.717) is 48.8 Å². The molecule has 0 saturated carbocycles. The van der Waals surface area contributed by atoms with Gasteiger partial charge in [0.15, 0.2) is 11.6 Å². The van der Waals surface area contributed by atoms with Crippen LogP contribution in [0, 0.1) is 0 Å². The van der Waals surface area contributed by atoms with Crippen LogP contribution in [0.1, 0.15) is 0 Å². The standard InChI is InChI=1S/C17H16N8O2S2/c26-29(27,14-4-1-3-13-17(14)22-28-21-13)24-11-9-23(10-12-24)15-5-6-16(20-19-15)25-8-2-7-18-25/h1-8H,9-12H2. The van der Waals surface area contributed by atoms with Crippen molar-refractivity contribution in [2.75, 3.05) is 31.1 Å². The van der Waals surface area contributed by atoms with Crippen molar-refractivity contribution >= 4 is 38.6 Å². The van der Waals surface area contributed by atoms with E-state index in [-0.39, 0.29) is 4.90 Å². The first-order chi connectivity index (χ1) is 14.1. The number of nitrogens with zero attached hydrogens (tertiary/aromatic N) is 8. The molecule has 1 aliphatic heterocycles. The molecule has 12 heteroatoms. The Morgan fingerprint density at radius 2 is 1.69 bits per heavy atom. The van der Waals surface area contributed by atoms with Gasteiger partial charge in [-0.05, 0) is 30.3 Å². The molecule has 148 valence electrons. The van der Waals surface area contributed by atoms with E-state index in [0.717, 1.165) is 11.7 Å². The van der Waals surface area contributed by atoms with Crippen molar-refractivity contribution < 1.29 is 8.42 Å². The van der Waals surface area contributed by atoms with Crippen LogP contribution >= 0.6 is 11.7 Å². The second kappa shape index (κ2) is 7.13. The molecular weight excluding hydrogens is 412 g/mol. The zero-order valence-electron chi connectivity index (χ0n) is 15.2. The average Bonchev–Trinajstić information content (AvgIpc) is 3.46. The molecule has 0 radical (unpaired) electrons. The fourth-order valence-corrected chi connectivity index (χ4v) is 5.47. The van der Waals surface area contributed by atoms with Crippen molar-refractivity contribution in [3.05, 3.63) is 48.8 Å². The Labute approximate surface area is 170 Å². The minimum atomic E-state index is -3.64. The fourth-order valence-electron chi connectivity index (χ4n) is 3.30. The molecule has 4 aromatic rings. The molecule has 0 atom stereocenters. The molecule has 1 aliphatic rings.